The lowest BCUT2D eigenvalue weighted by molar-refractivity contribution is -0.118. The summed E-state index contributed by atoms with van der Waals surface area (Å²) in [4.78, 5) is 31.0. The molecule has 1 unspecified atom stereocenters. The normalized spacial score (nSPS) is 13.4. The lowest BCUT2D eigenvalue weighted by Crippen LogP contribution is -2.30. The molecule has 3 amide bonds. The van der Waals surface area contributed by atoms with Gasteiger partial charge in [-0.1, -0.05) is 61.5 Å². The summed E-state index contributed by atoms with van der Waals surface area (Å²) in [6.07, 6.45) is 5.09. The fourth-order valence-corrected chi connectivity index (χ4v) is 4.94. The Bertz CT molecular complexity index is 1460. The van der Waals surface area contributed by atoms with Crippen molar-refractivity contribution in [3.05, 3.63) is 125 Å². The lowest BCUT2D eigenvalue weighted by atomic mass is 9.88. The summed E-state index contributed by atoms with van der Waals surface area (Å²) in [5.41, 5.74) is 13.0. The second kappa shape index (κ2) is 12.3. The van der Waals surface area contributed by atoms with Crippen LogP contribution in [-0.2, 0) is 24.4 Å². The number of hydrogen-bond acceptors (Lipinski definition) is 5. The van der Waals surface area contributed by atoms with E-state index in [9.17, 15) is 9.59 Å². The third kappa shape index (κ3) is 6.18. The number of hydrogen-bond donors (Lipinski definition) is 2. The second-order valence-corrected chi connectivity index (χ2v) is 9.81. The van der Waals surface area contributed by atoms with Crippen molar-refractivity contribution in [2.24, 2.45) is 5.10 Å². The Labute approximate surface area is 234 Å². The number of hydrazone groups is 1. The molecule has 1 aliphatic heterocycles. The molecule has 8 nitrogen and oxygen atoms in total. The van der Waals surface area contributed by atoms with Crippen molar-refractivity contribution in [1.82, 2.24) is 14.9 Å². The number of aromatic nitrogens is 1. The van der Waals surface area contributed by atoms with Gasteiger partial charge < -0.3 is 16.0 Å². The topological polar surface area (TPSA) is 104 Å². The molecular formula is C32H32N6O2. The van der Waals surface area contributed by atoms with Gasteiger partial charge in [-0.25, -0.2) is 9.80 Å². The van der Waals surface area contributed by atoms with Crippen LogP contribution in [0.15, 0.2) is 102 Å². The van der Waals surface area contributed by atoms with Crippen molar-refractivity contribution in [2.75, 3.05) is 11.1 Å². The number of anilines is 2. The highest BCUT2D eigenvalue weighted by atomic mass is 16.2. The highest BCUT2D eigenvalue weighted by Gasteiger charge is 2.24. The number of carbonyl (C=O) groups is 2. The van der Waals surface area contributed by atoms with Crippen LogP contribution in [0.5, 0.6) is 0 Å². The molecule has 4 aromatic rings. The van der Waals surface area contributed by atoms with Gasteiger partial charge in [-0.3, -0.25) is 9.78 Å². The number of nitrogen functional groups attached to an aromatic ring is 1. The summed E-state index contributed by atoms with van der Waals surface area (Å²) >= 11 is 0. The Morgan fingerprint density at radius 2 is 1.75 bits per heavy atom. The van der Waals surface area contributed by atoms with E-state index in [2.05, 4.69) is 29.4 Å². The molecule has 8 heteroatoms. The lowest BCUT2D eigenvalue weighted by Gasteiger charge is -2.22. The summed E-state index contributed by atoms with van der Waals surface area (Å²) in [5, 5.41) is 9.27. The number of rotatable bonds is 9. The number of urea groups is 1. The van der Waals surface area contributed by atoms with Crippen LogP contribution in [0, 0.1) is 0 Å². The molecule has 1 aliphatic rings. The smallest absolute Gasteiger partial charge is 0.322 e. The van der Waals surface area contributed by atoms with Crippen LogP contribution in [-0.4, -0.2) is 33.0 Å². The molecule has 40 heavy (non-hydrogen) atoms. The monoisotopic (exact) mass is 532 g/mol. The van der Waals surface area contributed by atoms with Crippen LogP contribution in [0.1, 0.15) is 47.1 Å². The summed E-state index contributed by atoms with van der Waals surface area (Å²) in [6.45, 7) is 3.52. The van der Waals surface area contributed by atoms with Gasteiger partial charge in [-0.15, -0.1) is 0 Å². The first-order chi connectivity index (χ1) is 19.5. The largest absolute Gasteiger partial charge is 0.399 e. The average Bonchev–Trinajstić information content (AvgIpc) is 3.43. The second-order valence-electron chi connectivity index (χ2n) is 9.81. The minimum atomic E-state index is -0.163. The fourth-order valence-electron chi connectivity index (χ4n) is 4.94. The number of fused-ring (bicyclic) bond motifs is 1. The Morgan fingerprint density at radius 1 is 1.02 bits per heavy atom. The van der Waals surface area contributed by atoms with E-state index < -0.39 is 0 Å². The molecule has 202 valence electrons. The molecule has 0 fully saturated rings. The Hall–Kier alpha value is -4.98. The zero-order chi connectivity index (χ0) is 27.9. The van der Waals surface area contributed by atoms with Crippen molar-refractivity contribution in [3.63, 3.8) is 0 Å². The maximum absolute atomic E-state index is 12.9. The minimum Gasteiger partial charge on any atom is -0.399 e. The van der Waals surface area contributed by atoms with E-state index >= 15 is 0 Å². The van der Waals surface area contributed by atoms with Gasteiger partial charge in [0.05, 0.1) is 12.3 Å². The SMILES string of the molecule is CCC(/C(=N\N(C=O)Cc1ccc(N)cc1)c1ccc(NC(=O)N2Cc3ccncc3C2)cc1)c1ccccc1. The van der Waals surface area contributed by atoms with E-state index in [1.54, 1.807) is 11.1 Å². The zero-order valence-electron chi connectivity index (χ0n) is 22.4. The summed E-state index contributed by atoms with van der Waals surface area (Å²) in [7, 11) is 0. The van der Waals surface area contributed by atoms with Gasteiger partial charge in [0.15, 0.2) is 0 Å². The maximum Gasteiger partial charge on any atom is 0.322 e. The third-order valence-electron chi connectivity index (χ3n) is 7.07. The molecule has 5 rings (SSSR count). The third-order valence-corrected chi connectivity index (χ3v) is 7.07. The Balaban J connectivity index is 1.39. The molecule has 0 aliphatic carbocycles. The van der Waals surface area contributed by atoms with Gasteiger partial charge in [-0.2, -0.15) is 5.10 Å². The van der Waals surface area contributed by atoms with Crippen LogP contribution in [0.2, 0.25) is 0 Å². The van der Waals surface area contributed by atoms with Gasteiger partial charge in [-0.05, 0) is 64.6 Å². The molecule has 2 heterocycles. The van der Waals surface area contributed by atoms with Crippen molar-refractivity contribution >= 4 is 29.5 Å². The molecule has 0 spiro atoms. The first kappa shape index (κ1) is 26.6. The predicted molar refractivity (Wildman–Crippen MR) is 157 cm³/mol. The van der Waals surface area contributed by atoms with Gasteiger partial charge >= 0.3 is 6.03 Å². The highest BCUT2D eigenvalue weighted by molar-refractivity contribution is 6.05. The first-order valence-corrected chi connectivity index (χ1v) is 13.3. The van der Waals surface area contributed by atoms with E-state index in [-0.39, 0.29) is 11.9 Å². The molecular weight excluding hydrogens is 500 g/mol. The van der Waals surface area contributed by atoms with Gasteiger partial charge in [0.25, 0.3) is 0 Å². The van der Waals surface area contributed by atoms with E-state index in [0.29, 0.717) is 31.0 Å². The standard InChI is InChI=1S/C32H32N6O2/c1-2-30(24-6-4-3-5-7-24)31(36-38(22-39)19-23-8-12-28(33)13-9-23)25-10-14-29(15-11-25)35-32(40)37-20-26-16-17-34-18-27(26)21-37/h3-18,22,30H,2,19-21,33H2,1H3,(H,35,40)/b36-31-. The van der Waals surface area contributed by atoms with Gasteiger partial charge in [0.2, 0.25) is 6.41 Å². The number of carbonyl (C=O) groups excluding carboxylic acids is 2. The van der Waals surface area contributed by atoms with E-state index in [0.717, 1.165) is 46.4 Å². The predicted octanol–water partition coefficient (Wildman–Crippen LogP) is 5.77. The van der Waals surface area contributed by atoms with Crippen LogP contribution < -0.4 is 11.1 Å². The average molecular weight is 533 g/mol. The van der Waals surface area contributed by atoms with Crippen LogP contribution in [0.25, 0.3) is 0 Å². The first-order valence-electron chi connectivity index (χ1n) is 13.3. The summed E-state index contributed by atoms with van der Waals surface area (Å²) < 4.78 is 0. The number of amides is 3. The molecule has 3 aromatic carbocycles. The number of pyridine rings is 1. The summed E-state index contributed by atoms with van der Waals surface area (Å²) in [5.74, 6) is -0.0350. The van der Waals surface area contributed by atoms with Crippen molar-refractivity contribution in [1.29, 1.82) is 0 Å². The molecule has 0 radical (unpaired) electrons. The minimum absolute atomic E-state index is 0.0350. The molecule has 0 saturated carbocycles. The molecule has 3 N–H and O–H groups in total. The van der Waals surface area contributed by atoms with E-state index in [1.165, 1.54) is 5.01 Å². The highest BCUT2D eigenvalue weighted by Crippen LogP contribution is 2.27. The fraction of sp³-hybridized carbons (Fsp3) is 0.188. The van der Waals surface area contributed by atoms with E-state index in [1.807, 2.05) is 79.0 Å². The molecule has 1 atom stereocenters. The van der Waals surface area contributed by atoms with Crippen molar-refractivity contribution in [3.8, 4) is 0 Å². The van der Waals surface area contributed by atoms with Crippen LogP contribution in [0.3, 0.4) is 0 Å². The Kier molecular flexibility index (Phi) is 8.15. The molecule has 0 saturated heterocycles. The molecule has 0 bridgehead atoms. The maximum atomic E-state index is 12.9. The number of nitrogens with one attached hydrogen (secondary N) is 1. The number of nitrogens with zero attached hydrogens (tertiary/aromatic N) is 4. The van der Waals surface area contributed by atoms with Crippen LogP contribution >= 0.6 is 0 Å². The number of benzene rings is 3. The van der Waals surface area contributed by atoms with Crippen molar-refractivity contribution < 1.29 is 9.59 Å². The zero-order valence-corrected chi connectivity index (χ0v) is 22.4. The van der Waals surface area contributed by atoms with E-state index in [4.69, 9.17) is 10.8 Å². The van der Waals surface area contributed by atoms with Crippen LogP contribution in [0.4, 0.5) is 16.2 Å². The Morgan fingerprint density at radius 3 is 2.42 bits per heavy atom. The quantitative estimate of drug-likeness (QED) is 0.124. The molecule has 1 aromatic heterocycles. The van der Waals surface area contributed by atoms with Crippen molar-refractivity contribution in [2.45, 2.75) is 38.9 Å². The van der Waals surface area contributed by atoms with Gasteiger partial charge in [0, 0.05) is 42.8 Å². The van der Waals surface area contributed by atoms with Gasteiger partial charge in [0.1, 0.15) is 0 Å². The number of nitrogens with two attached hydrogens (primary N) is 1. The summed E-state index contributed by atoms with van der Waals surface area (Å²) in [6, 6.07) is 27.0.